The minimum atomic E-state index is 0.595. The van der Waals surface area contributed by atoms with E-state index in [2.05, 4.69) is 88.3 Å². The van der Waals surface area contributed by atoms with E-state index in [0.29, 0.717) is 17.5 Å². The summed E-state index contributed by atoms with van der Waals surface area (Å²) in [5, 5.41) is 0. The number of aliphatic imine (C=N–C) groups is 3. The highest BCUT2D eigenvalue weighted by Crippen LogP contribution is 2.34. The Bertz CT molecular complexity index is 2150. The standard InChI is InChI=1S/C44H42N6/c1-8-14-30(4)47-32(6)35-20-24-37(25-21-35)40-26-39(36-22-18-34(19-23-36)31(5)46-29-45-7)27-41(28-40)44-49-42(33(10-3)15-9-2)48-43(50-44)38-16-12-11-13-17-38/h8-29H,6H2,1-5,7H3/b14-8-,15-9-,33-10+,45-29-,46-31+,47-30-. The van der Waals surface area contributed by atoms with Crippen molar-refractivity contribution in [2.75, 3.05) is 7.05 Å². The van der Waals surface area contributed by atoms with E-state index in [0.717, 1.165) is 67.2 Å². The fraction of sp³-hybridized carbons (Fsp3) is 0.136. The van der Waals surface area contributed by atoms with Crippen molar-refractivity contribution < 1.29 is 0 Å². The highest BCUT2D eigenvalue weighted by molar-refractivity contribution is 6.02. The van der Waals surface area contributed by atoms with Gasteiger partial charge < -0.3 is 0 Å². The number of hydrogen-bond acceptors (Lipinski definition) is 5. The van der Waals surface area contributed by atoms with Crippen molar-refractivity contribution in [3.8, 4) is 45.0 Å². The summed E-state index contributed by atoms with van der Waals surface area (Å²) in [6, 6.07) is 33.3. The SMILES string of the molecule is C=C(/N=C(C)\C=C/C)c1ccc(-c2cc(-c3ccc(/C(C)=N/C=N\C)cc3)cc(-c3nc(C(/C=C\C)=C/C)nc(-c4ccccc4)n3)c2)cc1. The predicted octanol–water partition coefficient (Wildman–Crippen LogP) is 11.0. The molecule has 1 aromatic heterocycles. The van der Waals surface area contributed by atoms with Crippen molar-refractivity contribution in [2.45, 2.75) is 34.6 Å². The molecule has 0 amide bonds. The number of benzene rings is 4. The average molecular weight is 655 g/mol. The topological polar surface area (TPSA) is 75.8 Å². The summed E-state index contributed by atoms with van der Waals surface area (Å²) in [6.07, 6.45) is 11.6. The lowest BCUT2D eigenvalue weighted by atomic mass is 9.94. The normalized spacial score (nSPS) is 12.8. The van der Waals surface area contributed by atoms with Crippen LogP contribution in [0.3, 0.4) is 0 Å². The summed E-state index contributed by atoms with van der Waals surface area (Å²) in [7, 11) is 1.71. The van der Waals surface area contributed by atoms with E-state index in [-0.39, 0.29) is 0 Å². The third-order valence-electron chi connectivity index (χ3n) is 8.05. The Morgan fingerprint density at radius 1 is 0.620 bits per heavy atom. The molecule has 0 unspecified atom stereocenters. The van der Waals surface area contributed by atoms with Crippen LogP contribution in [0.2, 0.25) is 0 Å². The van der Waals surface area contributed by atoms with Crippen LogP contribution in [0.5, 0.6) is 0 Å². The number of allylic oxidation sites excluding steroid dienone is 6. The molecule has 0 atom stereocenters. The highest BCUT2D eigenvalue weighted by Gasteiger charge is 2.15. The third kappa shape index (κ3) is 8.65. The van der Waals surface area contributed by atoms with Crippen molar-refractivity contribution in [3.63, 3.8) is 0 Å². The average Bonchev–Trinajstić information content (AvgIpc) is 3.16. The Hall–Kier alpha value is -6.14. The molecule has 0 radical (unpaired) electrons. The summed E-state index contributed by atoms with van der Waals surface area (Å²) < 4.78 is 0. The molecule has 50 heavy (non-hydrogen) atoms. The lowest BCUT2D eigenvalue weighted by molar-refractivity contribution is 1.04. The van der Waals surface area contributed by atoms with Crippen molar-refractivity contribution in [3.05, 3.63) is 151 Å². The van der Waals surface area contributed by atoms with E-state index in [1.165, 1.54) is 0 Å². The van der Waals surface area contributed by atoms with Crippen molar-refractivity contribution in [1.82, 2.24) is 15.0 Å². The van der Waals surface area contributed by atoms with Gasteiger partial charge in [0.15, 0.2) is 17.5 Å². The van der Waals surface area contributed by atoms with Crippen molar-refractivity contribution in [2.24, 2.45) is 15.0 Å². The van der Waals surface area contributed by atoms with Crippen LogP contribution < -0.4 is 0 Å². The number of rotatable bonds is 11. The lowest BCUT2D eigenvalue weighted by Gasteiger charge is -2.13. The van der Waals surface area contributed by atoms with Crippen LogP contribution in [-0.4, -0.2) is 39.8 Å². The summed E-state index contributed by atoms with van der Waals surface area (Å²) in [5.41, 5.74) is 11.4. The fourth-order valence-electron chi connectivity index (χ4n) is 5.45. The maximum atomic E-state index is 5.03. The minimum absolute atomic E-state index is 0.595. The molecule has 248 valence electrons. The van der Waals surface area contributed by atoms with E-state index in [9.17, 15) is 0 Å². The maximum Gasteiger partial charge on any atom is 0.164 e. The first kappa shape index (κ1) is 35.2. The Labute approximate surface area is 295 Å². The van der Waals surface area contributed by atoms with Crippen LogP contribution in [0.4, 0.5) is 0 Å². The van der Waals surface area contributed by atoms with E-state index in [1.807, 2.05) is 95.3 Å². The van der Waals surface area contributed by atoms with Gasteiger partial charge in [0.05, 0.1) is 5.70 Å². The lowest BCUT2D eigenvalue weighted by Crippen LogP contribution is -2.02. The van der Waals surface area contributed by atoms with Crippen molar-refractivity contribution in [1.29, 1.82) is 0 Å². The molecule has 0 saturated carbocycles. The largest absolute Gasteiger partial charge is 0.277 e. The zero-order chi connectivity index (χ0) is 35.5. The van der Waals surface area contributed by atoms with Gasteiger partial charge in [-0.25, -0.2) is 19.9 Å². The number of nitrogens with zero attached hydrogens (tertiary/aromatic N) is 6. The summed E-state index contributed by atoms with van der Waals surface area (Å²) in [5.74, 6) is 1.83. The second-order valence-corrected chi connectivity index (χ2v) is 11.7. The minimum Gasteiger partial charge on any atom is -0.277 e. The second kappa shape index (κ2) is 16.8. The van der Waals surface area contributed by atoms with Gasteiger partial charge in [-0.1, -0.05) is 110 Å². The van der Waals surface area contributed by atoms with Crippen LogP contribution in [0.25, 0.3) is 56.3 Å². The molecule has 0 spiro atoms. The van der Waals surface area contributed by atoms with Crippen LogP contribution >= 0.6 is 0 Å². The van der Waals surface area contributed by atoms with E-state index >= 15 is 0 Å². The molecule has 1 heterocycles. The monoisotopic (exact) mass is 654 g/mol. The zero-order valence-electron chi connectivity index (χ0n) is 29.6. The highest BCUT2D eigenvalue weighted by atomic mass is 15.0. The van der Waals surface area contributed by atoms with Crippen LogP contribution in [-0.2, 0) is 0 Å². The fourth-order valence-corrected chi connectivity index (χ4v) is 5.45. The molecule has 0 saturated heterocycles. The molecule has 6 heteroatoms. The van der Waals surface area contributed by atoms with Gasteiger partial charge >= 0.3 is 0 Å². The molecule has 0 aliphatic carbocycles. The molecule has 5 aromatic rings. The van der Waals surface area contributed by atoms with E-state index in [4.69, 9.17) is 15.0 Å². The summed E-state index contributed by atoms with van der Waals surface area (Å²) in [4.78, 5) is 28.0. The number of hydrogen-bond donors (Lipinski definition) is 0. The first-order chi connectivity index (χ1) is 24.3. The second-order valence-electron chi connectivity index (χ2n) is 11.7. The molecular formula is C44H42N6. The van der Waals surface area contributed by atoms with Crippen LogP contribution in [0.15, 0.2) is 149 Å². The molecule has 6 nitrogen and oxygen atoms in total. The summed E-state index contributed by atoms with van der Waals surface area (Å²) >= 11 is 0. The van der Waals surface area contributed by atoms with E-state index < -0.39 is 0 Å². The van der Waals surface area contributed by atoms with Crippen LogP contribution in [0, 0.1) is 0 Å². The van der Waals surface area contributed by atoms with E-state index in [1.54, 1.807) is 13.4 Å². The quantitative estimate of drug-likeness (QED) is 0.0808. The Kier molecular flexibility index (Phi) is 11.8. The predicted molar refractivity (Wildman–Crippen MR) is 214 cm³/mol. The third-order valence-corrected chi connectivity index (χ3v) is 8.05. The number of aromatic nitrogens is 3. The molecule has 4 aromatic carbocycles. The first-order valence-electron chi connectivity index (χ1n) is 16.6. The Morgan fingerprint density at radius 2 is 1.18 bits per heavy atom. The molecule has 5 rings (SSSR count). The Balaban J connectivity index is 1.68. The van der Waals surface area contributed by atoms with Gasteiger partial charge in [0.2, 0.25) is 0 Å². The molecule has 0 aliphatic rings. The van der Waals surface area contributed by atoms with Crippen LogP contribution in [0.1, 0.15) is 51.6 Å². The maximum absolute atomic E-state index is 5.03. The summed E-state index contributed by atoms with van der Waals surface area (Å²) in [6.45, 7) is 14.1. The first-order valence-corrected chi connectivity index (χ1v) is 16.6. The molecule has 0 aliphatic heterocycles. The van der Waals surface area contributed by atoms with Gasteiger partial charge in [-0.2, -0.15) is 0 Å². The molecular weight excluding hydrogens is 613 g/mol. The Morgan fingerprint density at radius 3 is 1.74 bits per heavy atom. The van der Waals surface area contributed by atoms with Gasteiger partial charge in [-0.3, -0.25) is 9.98 Å². The van der Waals surface area contributed by atoms with Gasteiger partial charge in [-0.15, -0.1) is 0 Å². The molecule has 0 N–H and O–H groups in total. The van der Waals surface area contributed by atoms with Gasteiger partial charge in [0.25, 0.3) is 0 Å². The molecule has 0 fully saturated rings. The van der Waals surface area contributed by atoms with Crippen molar-refractivity contribution >= 4 is 29.0 Å². The molecule has 0 bridgehead atoms. The zero-order valence-corrected chi connectivity index (χ0v) is 29.6. The van der Waals surface area contributed by atoms with Gasteiger partial charge in [0, 0.05) is 35.2 Å². The smallest absolute Gasteiger partial charge is 0.164 e. The van der Waals surface area contributed by atoms with Gasteiger partial charge in [0.1, 0.15) is 6.34 Å². The van der Waals surface area contributed by atoms with Gasteiger partial charge in [-0.05, 0) is 92.3 Å².